The van der Waals surface area contributed by atoms with Gasteiger partial charge in [0.15, 0.2) is 0 Å². The Hall–Kier alpha value is -0.780. The van der Waals surface area contributed by atoms with Crippen LogP contribution in [0.4, 0.5) is 0 Å². The first-order chi connectivity index (χ1) is 6.86. The fraction of sp³-hybridized carbons (Fsp3) is 0.600. The molecule has 0 aromatic rings. The maximum absolute atomic E-state index is 4.22. The van der Waals surface area contributed by atoms with Crippen LogP contribution >= 0.6 is 0 Å². The zero-order valence-corrected chi connectivity index (χ0v) is 10.8. The minimum Gasteiger partial charge on any atom is -0.0950 e. The molecule has 0 aromatic heterocycles. The molecule has 0 amide bonds. The van der Waals surface area contributed by atoms with E-state index in [1.807, 2.05) is 0 Å². The van der Waals surface area contributed by atoms with Gasteiger partial charge in [0.25, 0.3) is 0 Å². The summed E-state index contributed by atoms with van der Waals surface area (Å²) in [5, 5.41) is 0. The van der Waals surface area contributed by atoms with Crippen LogP contribution < -0.4 is 0 Å². The van der Waals surface area contributed by atoms with Crippen molar-refractivity contribution in [2.45, 2.75) is 34.6 Å². The number of allylic oxidation sites excluding steroid dienone is 4. The second-order valence-electron chi connectivity index (χ2n) is 5.31. The van der Waals surface area contributed by atoms with Gasteiger partial charge in [-0.2, -0.15) is 0 Å². The average molecular weight is 204 g/mol. The molecule has 3 atom stereocenters. The van der Waals surface area contributed by atoms with E-state index in [-0.39, 0.29) is 0 Å². The molecule has 0 heterocycles. The largest absolute Gasteiger partial charge is 0.0950 e. The Balaban J connectivity index is 3.01. The van der Waals surface area contributed by atoms with E-state index in [1.165, 1.54) is 16.7 Å². The first-order valence-corrected chi connectivity index (χ1v) is 5.92. The molecule has 0 aromatic carbocycles. The van der Waals surface area contributed by atoms with Crippen LogP contribution in [0, 0.1) is 23.7 Å². The first-order valence-electron chi connectivity index (χ1n) is 5.92. The third-order valence-corrected chi connectivity index (χ3v) is 4.08. The standard InChI is InChI=1S/C15H24/c1-9(2)11(4)15-8-10(3)12(5)13(6)14(15)7/h8-9,11-12,15H,6-7H2,1-5H3. The van der Waals surface area contributed by atoms with E-state index in [0.29, 0.717) is 23.7 Å². The van der Waals surface area contributed by atoms with Gasteiger partial charge < -0.3 is 0 Å². The van der Waals surface area contributed by atoms with E-state index in [0.717, 1.165) is 0 Å². The lowest BCUT2D eigenvalue weighted by Gasteiger charge is -2.34. The lowest BCUT2D eigenvalue weighted by atomic mass is 9.70. The van der Waals surface area contributed by atoms with E-state index >= 15 is 0 Å². The van der Waals surface area contributed by atoms with Crippen LogP contribution in [-0.4, -0.2) is 0 Å². The molecular weight excluding hydrogens is 180 g/mol. The van der Waals surface area contributed by atoms with Crippen LogP contribution in [0.3, 0.4) is 0 Å². The molecule has 0 spiro atoms. The van der Waals surface area contributed by atoms with Crippen molar-refractivity contribution < 1.29 is 0 Å². The molecule has 0 fully saturated rings. The second-order valence-corrected chi connectivity index (χ2v) is 5.31. The van der Waals surface area contributed by atoms with Crippen LogP contribution in [0.15, 0.2) is 36.0 Å². The summed E-state index contributed by atoms with van der Waals surface area (Å²) in [6, 6.07) is 0. The lowest BCUT2D eigenvalue weighted by Crippen LogP contribution is -2.24. The summed E-state index contributed by atoms with van der Waals surface area (Å²) in [6.45, 7) is 19.7. The van der Waals surface area contributed by atoms with Crippen molar-refractivity contribution in [3.05, 3.63) is 36.0 Å². The van der Waals surface area contributed by atoms with Crippen molar-refractivity contribution in [3.8, 4) is 0 Å². The van der Waals surface area contributed by atoms with E-state index in [4.69, 9.17) is 0 Å². The zero-order valence-electron chi connectivity index (χ0n) is 10.8. The summed E-state index contributed by atoms with van der Waals surface area (Å²) in [7, 11) is 0. The summed E-state index contributed by atoms with van der Waals surface area (Å²) in [6.07, 6.45) is 2.40. The predicted molar refractivity (Wildman–Crippen MR) is 68.7 cm³/mol. The van der Waals surface area contributed by atoms with Gasteiger partial charge in [-0.3, -0.25) is 0 Å². The highest BCUT2D eigenvalue weighted by Gasteiger charge is 2.28. The average Bonchev–Trinajstić information content (AvgIpc) is 2.19. The maximum Gasteiger partial charge on any atom is 0.00457 e. The summed E-state index contributed by atoms with van der Waals surface area (Å²) in [4.78, 5) is 0. The molecular formula is C15H24. The molecule has 1 aliphatic rings. The van der Waals surface area contributed by atoms with E-state index in [1.54, 1.807) is 0 Å². The Labute approximate surface area is 94.8 Å². The molecule has 1 rings (SSSR count). The Morgan fingerprint density at radius 1 is 1.13 bits per heavy atom. The van der Waals surface area contributed by atoms with Crippen LogP contribution in [-0.2, 0) is 0 Å². The molecule has 0 aliphatic heterocycles. The molecule has 0 N–H and O–H groups in total. The fourth-order valence-corrected chi connectivity index (χ4v) is 2.18. The van der Waals surface area contributed by atoms with E-state index in [9.17, 15) is 0 Å². The second kappa shape index (κ2) is 4.38. The van der Waals surface area contributed by atoms with Crippen LogP contribution in [0.1, 0.15) is 34.6 Å². The first kappa shape index (κ1) is 12.3. The van der Waals surface area contributed by atoms with Gasteiger partial charge in [0.05, 0.1) is 0 Å². The molecule has 0 heteroatoms. The van der Waals surface area contributed by atoms with Gasteiger partial charge in [-0.05, 0) is 29.9 Å². The Kier molecular flexibility index (Phi) is 3.59. The van der Waals surface area contributed by atoms with Gasteiger partial charge in [-0.15, -0.1) is 0 Å². The van der Waals surface area contributed by atoms with Gasteiger partial charge >= 0.3 is 0 Å². The monoisotopic (exact) mass is 204 g/mol. The Morgan fingerprint density at radius 2 is 1.67 bits per heavy atom. The molecule has 15 heavy (non-hydrogen) atoms. The van der Waals surface area contributed by atoms with Crippen molar-refractivity contribution in [1.29, 1.82) is 0 Å². The number of hydrogen-bond acceptors (Lipinski definition) is 0. The molecule has 0 bridgehead atoms. The summed E-state index contributed by atoms with van der Waals surface area (Å²) < 4.78 is 0. The van der Waals surface area contributed by atoms with Crippen molar-refractivity contribution >= 4 is 0 Å². The minimum atomic E-state index is 0.480. The topological polar surface area (TPSA) is 0 Å². The van der Waals surface area contributed by atoms with Crippen molar-refractivity contribution in [3.63, 3.8) is 0 Å². The molecule has 1 aliphatic carbocycles. The highest BCUT2D eigenvalue weighted by atomic mass is 14.3. The minimum absolute atomic E-state index is 0.480. The molecule has 0 nitrogen and oxygen atoms in total. The van der Waals surface area contributed by atoms with Crippen LogP contribution in [0.25, 0.3) is 0 Å². The van der Waals surface area contributed by atoms with Crippen LogP contribution in [0.5, 0.6) is 0 Å². The highest BCUT2D eigenvalue weighted by molar-refractivity contribution is 5.42. The van der Waals surface area contributed by atoms with Crippen molar-refractivity contribution in [2.75, 3.05) is 0 Å². The summed E-state index contributed by atoms with van der Waals surface area (Å²) >= 11 is 0. The lowest BCUT2D eigenvalue weighted by molar-refractivity contribution is 0.349. The van der Waals surface area contributed by atoms with Gasteiger partial charge in [-0.25, -0.2) is 0 Å². The highest BCUT2D eigenvalue weighted by Crippen LogP contribution is 2.40. The van der Waals surface area contributed by atoms with Gasteiger partial charge in [0.1, 0.15) is 0 Å². The van der Waals surface area contributed by atoms with Crippen molar-refractivity contribution in [1.82, 2.24) is 0 Å². The fourth-order valence-electron chi connectivity index (χ4n) is 2.18. The molecule has 0 radical (unpaired) electrons. The quantitative estimate of drug-likeness (QED) is 0.576. The molecule has 84 valence electrons. The van der Waals surface area contributed by atoms with Gasteiger partial charge in [0, 0.05) is 11.8 Å². The van der Waals surface area contributed by atoms with Crippen molar-refractivity contribution in [2.24, 2.45) is 23.7 Å². The normalized spacial score (nSPS) is 29.3. The summed E-state index contributed by atoms with van der Waals surface area (Å²) in [5.41, 5.74) is 3.92. The molecule has 0 saturated heterocycles. The number of hydrogen-bond donors (Lipinski definition) is 0. The van der Waals surface area contributed by atoms with E-state index < -0.39 is 0 Å². The smallest absolute Gasteiger partial charge is 0.00457 e. The van der Waals surface area contributed by atoms with Gasteiger partial charge in [0.2, 0.25) is 0 Å². The Bertz CT molecular complexity index is 304. The number of rotatable bonds is 2. The van der Waals surface area contributed by atoms with Gasteiger partial charge in [-0.1, -0.05) is 52.5 Å². The SMILES string of the molecule is C=C1C(=C)C(C(C)C(C)C)C=C(C)C1C. The Morgan fingerprint density at radius 3 is 2.13 bits per heavy atom. The predicted octanol–water partition coefficient (Wildman–Crippen LogP) is 4.60. The molecule has 0 saturated carbocycles. The third kappa shape index (κ3) is 2.25. The van der Waals surface area contributed by atoms with Crippen LogP contribution in [0.2, 0.25) is 0 Å². The maximum atomic E-state index is 4.22. The summed E-state index contributed by atoms with van der Waals surface area (Å²) in [5.74, 6) is 2.32. The zero-order chi connectivity index (χ0) is 11.7. The third-order valence-electron chi connectivity index (χ3n) is 4.08. The van der Waals surface area contributed by atoms with E-state index in [2.05, 4.69) is 53.9 Å². The molecule has 3 unspecified atom stereocenters.